The number of para-hydroxylation sites is 3. The Kier molecular flexibility index (Phi) is 2.62. The Morgan fingerprint density at radius 1 is 1.00 bits per heavy atom. The third kappa shape index (κ3) is 1.92. The molecule has 0 saturated heterocycles. The van der Waals surface area contributed by atoms with Gasteiger partial charge in [0, 0.05) is 5.39 Å². The first kappa shape index (κ1) is 11.4. The van der Waals surface area contributed by atoms with E-state index in [1.807, 2.05) is 36.4 Å². The number of rotatable bonds is 2. The highest BCUT2D eigenvalue weighted by Crippen LogP contribution is 2.32. The fourth-order valence-electron chi connectivity index (χ4n) is 2.69. The van der Waals surface area contributed by atoms with Crippen LogP contribution in [-0.2, 0) is 6.54 Å². The predicted octanol–water partition coefficient (Wildman–Crippen LogP) is 3.83. The second-order valence-corrected chi connectivity index (χ2v) is 4.99. The zero-order valence-electron chi connectivity index (χ0n) is 11.1. The zero-order chi connectivity index (χ0) is 13.4. The van der Waals surface area contributed by atoms with Gasteiger partial charge in [0.2, 0.25) is 0 Å². The van der Waals surface area contributed by atoms with Gasteiger partial charge in [0.25, 0.3) is 0 Å². The third-order valence-corrected chi connectivity index (χ3v) is 3.65. The summed E-state index contributed by atoms with van der Waals surface area (Å²) in [5.41, 5.74) is 2.09. The molecule has 0 spiro atoms. The second-order valence-electron chi connectivity index (χ2n) is 4.99. The van der Waals surface area contributed by atoms with Gasteiger partial charge in [0.15, 0.2) is 0 Å². The minimum Gasteiger partial charge on any atom is -0.490 e. The molecule has 0 N–H and O–H groups in total. The van der Waals surface area contributed by atoms with E-state index in [2.05, 4.69) is 23.1 Å². The van der Waals surface area contributed by atoms with Gasteiger partial charge in [0.1, 0.15) is 23.7 Å². The average Bonchev–Trinajstić information content (AvgIpc) is 2.90. The Morgan fingerprint density at radius 3 is 2.80 bits per heavy atom. The molecule has 4 rings (SSSR count). The standard InChI is InChI=1S/C17H15NO2/c1-3-7-16-13(5-1)11-14(20-16)12-18-9-10-19-17-8-4-2-6-15(17)18/h1-8,11H,9-10,12H2. The van der Waals surface area contributed by atoms with Crippen molar-refractivity contribution < 1.29 is 9.15 Å². The van der Waals surface area contributed by atoms with Gasteiger partial charge >= 0.3 is 0 Å². The van der Waals surface area contributed by atoms with Crippen LogP contribution in [0.25, 0.3) is 11.0 Å². The monoisotopic (exact) mass is 265 g/mol. The molecule has 20 heavy (non-hydrogen) atoms. The van der Waals surface area contributed by atoms with Gasteiger partial charge in [-0.1, -0.05) is 30.3 Å². The maximum Gasteiger partial charge on any atom is 0.142 e. The molecule has 0 saturated carbocycles. The number of benzene rings is 2. The first-order valence-electron chi connectivity index (χ1n) is 6.84. The number of hydrogen-bond acceptors (Lipinski definition) is 3. The molecule has 0 fully saturated rings. The Hall–Kier alpha value is -2.42. The van der Waals surface area contributed by atoms with E-state index in [9.17, 15) is 0 Å². The SMILES string of the molecule is c1ccc2c(c1)OCCN2Cc1cc2ccccc2o1. The molecule has 0 unspecified atom stereocenters. The van der Waals surface area contributed by atoms with Gasteiger partial charge in [0.05, 0.1) is 18.8 Å². The van der Waals surface area contributed by atoms with E-state index in [4.69, 9.17) is 9.15 Å². The highest BCUT2D eigenvalue weighted by atomic mass is 16.5. The van der Waals surface area contributed by atoms with Crippen LogP contribution < -0.4 is 9.64 Å². The molecule has 1 aliphatic heterocycles. The Balaban J connectivity index is 1.66. The minimum atomic E-state index is 0.719. The lowest BCUT2D eigenvalue weighted by Gasteiger charge is -2.30. The van der Waals surface area contributed by atoms with E-state index in [1.54, 1.807) is 0 Å². The number of anilines is 1. The van der Waals surface area contributed by atoms with Gasteiger partial charge < -0.3 is 14.1 Å². The van der Waals surface area contributed by atoms with Crippen LogP contribution in [0.5, 0.6) is 5.75 Å². The van der Waals surface area contributed by atoms with Crippen LogP contribution in [0, 0.1) is 0 Å². The molecule has 3 nitrogen and oxygen atoms in total. The molecular weight excluding hydrogens is 250 g/mol. The summed E-state index contributed by atoms with van der Waals surface area (Å²) in [6.07, 6.45) is 0. The molecule has 1 aromatic heterocycles. The zero-order valence-corrected chi connectivity index (χ0v) is 11.1. The highest BCUT2D eigenvalue weighted by molar-refractivity contribution is 5.77. The van der Waals surface area contributed by atoms with Crippen molar-refractivity contribution in [3.8, 4) is 5.75 Å². The molecule has 0 bridgehead atoms. The summed E-state index contributed by atoms with van der Waals surface area (Å²) in [6, 6.07) is 18.4. The van der Waals surface area contributed by atoms with E-state index in [0.717, 1.165) is 47.9 Å². The summed E-state index contributed by atoms with van der Waals surface area (Å²) in [6.45, 7) is 2.38. The lowest BCUT2D eigenvalue weighted by atomic mass is 10.2. The lowest BCUT2D eigenvalue weighted by molar-refractivity contribution is 0.305. The van der Waals surface area contributed by atoms with E-state index in [-0.39, 0.29) is 0 Å². The van der Waals surface area contributed by atoms with Gasteiger partial charge in [-0.05, 0) is 24.3 Å². The average molecular weight is 265 g/mol. The van der Waals surface area contributed by atoms with Crippen LogP contribution in [-0.4, -0.2) is 13.2 Å². The second kappa shape index (κ2) is 4.60. The molecule has 0 radical (unpaired) electrons. The summed E-state index contributed by atoms with van der Waals surface area (Å²) < 4.78 is 11.6. The van der Waals surface area contributed by atoms with Crippen molar-refractivity contribution in [2.45, 2.75) is 6.54 Å². The van der Waals surface area contributed by atoms with Crippen molar-refractivity contribution in [3.63, 3.8) is 0 Å². The number of hydrogen-bond donors (Lipinski definition) is 0. The minimum absolute atomic E-state index is 0.719. The highest BCUT2D eigenvalue weighted by Gasteiger charge is 2.18. The largest absolute Gasteiger partial charge is 0.490 e. The quantitative estimate of drug-likeness (QED) is 0.704. The van der Waals surface area contributed by atoms with E-state index in [0.29, 0.717) is 0 Å². The summed E-state index contributed by atoms with van der Waals surface area (Å²) >= 11 is 0. The summed E-state index contributed by atoms with van der Waals surface area (Å²) in [5, 5.41) is 1.16. The Morgan fingerprint density at radius 2 is 1.85 bits per heavy atom. The van der Waals surface area contributed by atoms with Crippen LogP contribution in [0.15, 0.2) is 59.0 Å². The fraction of sp³-hybridized carbons (Fsp3) is 0.176. The van der Waals surface area contributed by atoms with Crippen LogP contribution in [0.2, 0.25) is 0 Å². The summed E-state index contributed by atoms with van der Waals surface area (Å²) in [7, 11) is 0. The molecule has 0 atom stereocenters. The normalized spacial score (nSPS) is 14.1. The lowest BCUT2D eigenvalue weighted by Crippen LogP contribution is -2.31. The number of fused-ring (bicyclic) bond motifs is 2. The smallest absolute Gasteiger partial charge is 0.142 e. The van der Waals surface area contributed by atoms with Gasteiger partial charge in [-0.2, -0.15) is 0 Å². The predicted molar refractivity (Wildman–Crippen MR) is 79.2 cm³/mol. The molecule has 1 aliphatic rings. The van der Waals surface area contributed by atoms with Crippen molar-refractivity contribution in [2.24, 2.45) is 0 Å². The van der Waals surface area contributed by atoms with Gasteiger partial charge in [-0.15, -0.1) is 0 Å². The van der Waals surface area contributed by atoms with Crippen LogP contribution in [0.4, 0.5) is 5.69 Å². The molecule has 100 valence electrons. The molecule has 0 aliphatic carbocycles. The van der Waals surface area contributed by atoms with Gasteiger partial charge in [-0.25, -0.2) is 0 Å². The number of furan rings is 1. The number of nitrogens with zero attached hydrogens (tertiary/aromatic N) is 1. The first-order chi connectivity index (χ1) is 9.90. The fourth-order valence-corrected chi connectivity index (χ4v) is 2.69. The van der Waals surface area contributed by atoms with Crippen molar-refractivity contribution in [1.82, 2.24) is 0 Å². The van der Waals surface area contributed by atoms with Crippen molar-refractivity contribution in [3.05, 3.63) is 60.4 Å². The van der Waals surface area contributed by atoms with Crippen molar-refractivity contribution >= 4 is 16.7 Å². The summed E-state index contributed by atoms with van der Waals surface area (Å²) in [4.78, 5) is 2.30. The molecular formula is C17H15NO2. The molecule has 0 amide bonds. The van der Waals surface area contributed by atoms with Crippen molar-refractivity contribution in [1.29, 1.82) is 0 Å². The van der Waals surface area contributed by atoms with Gasteiger partial charge in [-0.3, -0.25) is 0 Å². The maximum atomic E-state index is 5.90. The van der Waals surface area contributed by atoms with E-state index >= 15 is 0 Å². The number of ether oxygens (including phenoxy) is 1. The van der Waals surface area contributed by atoms with E-state index < -0.39 is 0 Å². The Labute approximate surface area is 117 Å². The van der Waals surface area contributed by atoms with Crippen LogP contribution in [0.1, 0.15) is 5.76 Å². The van der Waals surface area contributed by atoms with Crippen LogP contribution in [0.3, 0.4) is 0 Å². The van der Waals surface area contributed by atoms with Crippen molar-refractivity contribution in [2.75, 3.05) is 18.1 Å². The molecule has 3 aromatic rings. The first-order valence-corrected chi connectivity index (χ1v) is 6.84. The van der Waals surface area contributed by atoms with E-state index in [1.165, 1.54) is 0 Å². The van der Waals surface area contributed by atoms with Crippen LogP contribution >= 0.6 is 0 Å². The Bertz CT molecular complexity index is 714. The maximum absolute atomic E-state index is 5.90. The molecule has 2 heterocycles. The molecule has 3 heteroatoms. The topological polar surface area (TPSA) is 25.6 Å². The third-order valence-electron chi connectivity index (χ3n) is 3.65. The molecule has 2 aromatic carbocycles. The summed E-state index contributed by atoms with van der Waals surface area (Å²) in [5.74, 6) is 1.94.